The van der Waals surface area contributed by atoms with Crippen molar-refractivity contribution < 1.29 is 12.3 Å². The van der Waals surface area contributed by atoms with Crippen LogP contribution in [0.5, 0.6) is 5.75 Å². The van der Waals surface area contributed by atoms with Crippen molar-refractivity contribution in [2.75, 3.05) is 30.9 Å². The van der Waals surface area contributed by atoms with Crippen LogP contribution in [-0.4, -0.2) is 58.3 Å². The summed E-state index contributed by atoms with van der Waals surface area (Å²) in [7, 11) is 2.19. The summed E-state index contributed by atoms with van der Waals surface area (Å²) < 4.78 is 12.0. The Bertz CT molecular complexity index is 1200. The van der Waals surface area contributed by atoms with E-state index >= 15 is 0 Å². The molecule has 2 atom stereocenters. The summed E-state index contributed by atoms with van der Waals surface area (Å²) in [4.78, 5) is 15.7. The van der Waals surface area contributed by atoms with Gasteiger partial charge in [-0.25, -0.2) is 4.98 Å². The highest BCUT2D eigenvalue weighted by molar-refractivity contribution is 5.67. The second-order valence-electron chi connectivity index (χ2n) is 8.87. The van der Waals surface area contributed by atoms with Crippen molar-refractivity contribution in [2.45, 2.75) is 31.0 Å². The molecule has 0 saturated carbocycles. The second kappa shape index (κ2) is 10.2. The van der Waals surface area contributed by atoms with Crippen molar-refractivity contribution in [1.29, 1.82) is 0 Å². The van der Waals surface area contributed by atoms with Crippen LogP contribution in [-0.2, 0) is 4.74 Å². The Morgan fingerprint density at radius 3 is 2.51 bits per heavy atom. The summed E-state index contributed by atoms with van der Waals surface area (Å²) in [6.07, 6.45) is 9.09. The molecule has 0 aliphatic carbocycles. The number of aromatic nitrogens is 3. The third kappa shape index (κ3) is 5.34. The zero-order chi connectivity index (χ0) is 24.2. The number of piperidine rings is 1. The quantitative estimate of drug-likeness (QED) is 0.450. The first-order valence-corrected chi connectivity index (χ1v) is 11.8. The maximum Gasteiger partial charge on any atom is 0.229 e. The average molecular weight is 475 g/mol. The molecule has 0 unspecified atom stereocenters. The van der Waals surface area contributed by atoms with Gasteiger partial charge in [0.1, 0.15) is 17.7 Å². The van der Waals surface area contributed by atoms with Crippen molar-refractivity contribution in [2.24, 2.45) is 0 Å². The predicted octanol–water partition coefficient (Wildman–Crippen LogP) is 5.38. The molecule has 2 aliphatic rings. The van der Waals surface area contributed by atoms with Crippen molar-refractivity contribution in [1.82, 2.24) is 19.9 Å². The Balaban J connectivity index is 0.00000190. The molecule has 2 saturated heterocycles. The number of nitrogens with one attached hydrogen (secondary N) is 2. The largest absolute Gasteiger partial charge is 0.490 e. The number of fused-ring (bicyclic) bond motifs is 2. The Hall–Kier alpha value is -3.75. The lowest BCUT2D eigenvalue weighted by Crippen LogP contribution is -2.57. The highest BCUT2D eigenvalue weighted by Crippen LogP contribution is 2.30. The van der Waals surface area contributed by atoms with Gasteiger partial charge in [-0.3, -0.25) is 9.88 Å². The number of pyridine rings is 1. The van der Waals surface area contributed by atoms with Gasteiger partial charge in [-0.2, -0.15) is 4.98 Å². The van der Waals surface area contributed by atoms with E-state index in [0.29, 0.717) is 23.8 Å². The van der Waals surface area contributed by atoms with E-state index in [1.807, 2.05) is 30.3 Å². The SMILES string of the molecule is C=Cc1cc(Nc2ccnc(Nc3ccc(OC4C[C@@H]5COC[C@@H](C4)N5C)cc3)n2)cnc1C=C.[HH].[HH]. The molecule has 2 fully saturated rings. The summed E-state index contributed by atoms with van der Waals surface area (Å²) in [6, 6.07) is 12.6. The topological polar surface area (TPSA) is 84.4 Å². The zero-order valence-electron chi connectivity index (χ0n) is 19.9. The normalized spacial score (nSPS) is 21.7. The standard InChI is InChI=1S/C27H30N6O2.2H2/c1-4-18-12-20(15-29-25(18)5-2)30-26-10-11-28-27(32-26)31-19-6-8-23(9-7-19)35-24-13-21-16-34-17-22(14-24)33(21)3;;/h4-12,15,21-22,24H,1-2,13-14,16-17H2,3H3,(H2,28,30,31,32);2*1H/t21-,22-;;/m1../s1. The van der Waals surface area contributed by atoms with E-state index in [-0.39, 0.29) is 8.96 Å². The average Bonchev–Trinajstić information content (AvgIpc) is 2.86. The number of benzene rings is 1. The predicted molar refractivity (Wildman–Crippen MR) is 143 cm³/mol. The summed E-state index contributed by atoms with van der Waals surface area (Å²) >= 11 is 0. The van der Waals surface area contributed by atoms with Gasteiger partial charge >= 0.3 is 0 Å². The van der Waals surface area contributed by atoms with Gasteiger partial charge in [-0.1, -0.05) is 19.2 Å². The van der Waals surface area contributed by atoms with E-state index in [9.17, 15) is 0 Å². The number of morpholine rings is 1. The number of hydrogen-bond acceptors (Lipinski definition) is 8. The molecule has 3 aromatic rings. The summed E-state index contributed by atoms with van der Waals surface area (Å²) in [5.41, 5.74) is 3.38. The Morgan fingerprint density at radius 1 is 1.03 bits per heavy atom. The van der Waals surface area contributed by atoms with Crippen molar-refractivity contribution >= 4 is 35.3 Å². The molecular weight excluding hydrogens is 440 g/mol. The van der Waals surface area contributed by atoms with Crippen LogP contribution >= 0.6 is 0 Å². The van der Waals surface area contributed by atoms with Crippen LogP contribution in [0.1, 0.15) is 27.0 Å². The van der Waals surface area contributed by atoms with E-state index in [0.717, 1.165) is 54.4 Å². The van der Waals surface area contributed by atoms with Crippen LogP contribution in [0.2, 0.25) is 0 Å². The fourth-order valence-corrected chi connectivity index (χ4v) is 4.61. The smallest absolute Gasteiger partial charge is 0.229 e. The molecule has 5 rings (SSSR count). The molecule has 0 amide bonds. The molecule has 8 nitrogen and oxygen atoms in total. The van der Waals surface area contributed by atoms with Crippen LogP contribution in [0.25, 0.3) is 12.2 Å². The molecule has 35 heavy (non-hydrogen) atoms. The molecule has 2 aromatic heterocycles. The Morgan fingerprint density at radius 2 is 1.80 bits per heavy atom. The van der Waals surface area contributed by atoms with Gasteiger partial charge < -0.3 is 20.1 Å². The highest BCUT2D eigenvalue weighted by Gasteiger charge is 2.37. The van der Waals surface area contributed by atoms with Crippen LogP contribution in [0, 0.1) is 0 Å². The molecule has 2 N–H and O–H groups in total. The van der Waals surface area contributed by atoms with Gasteiger partial charge in [0.25, 0.3) is 0 Å². The van der Waals surface area contributed by atoms with E-state index in [1.54, 1.807) is 30.6 Å². The van der Waals surface area contributed by atoms with Crippen molar-refractivity contribution in [3.8, 4) is 5.75 Å². The molecule has 4 heterocycles. The molecule has 0 radical (unpaired) electrons. The van der Waals surface area contributed by atoms with Gasteiger partial charge in [0.2, 0.25) is 5.95 Å². The summed E-state index contributed by atoms with van der Waals surface area (Å²) in [5.74, 6) is 2.02. The third-order valence-electron chi connectivity index (χ3n) is 6.55. The Labute approximate surface area is 208 Å². The second-order valence-corrected chi connectivity index (χ2v) is 8.87. The number of likely N-dealkylation sites (N-methyl/N-ethyl adjacent to an activating group) is 1. The lowest BCUT2D eigenvalue weighted by atomic mass is 9.92. The van der Waals surface area contributed by atoms with E-state index in [4.69, 9.17) is 9.47 Å². The molecular formula is C27H34N6O2. The van der Waals surface area contributed by atoms with Crippen LogP contribution in [0.15, 0.2) is 61.9 Å². The van der Waals surface area contributed by atoms with Crippen molar-refractivity contribution in [3.05, 3.63) is 73.2 Å². The van der Waals surface area contributed by atoms with Crippen molar-refractivity contribution in [3.63, 3.8) is 0 Å². The van der Waals surface area contributed by atoms with Gasteiger partial charge in [0.05, 0.1) is 30.8 Å². The fourth-order valence-electron chi connectivity index (χ4n) is 4.61. The number of nitrogens with zero attached hydrogens (tertiary/aromatic N) is 4. The first kappa shape index (κ1) is 23.0. The maximum absolute atomic E-state index is 6.30. The number of ether oxygens (including phenoxy) is 2. The van der Waals surface area contributed by atoms with E-state index in [2.05, 4.69) is 50.7 Å². The zero-order valence-corrected chi connectivity index (χ0v) is 19.9. The monoisotopic (exact) mass is 474 g/mol. The van der Waals surface area contributed by atoms with Gasteiger partial charge in [0.15, 0.2) is 0 Å². The first-order chi connectivity index (χ1) is 17.1. The van der Waals surface area contributed by atoms with Gasteiger partial charge in [-0.05, 0) is 49.5 Å². The fraction of sp³-hybridized carbons (Fsp3) is 0.296. The summed E-state index contributed by atoms with van der Waals surface area (Å²) in [6.45, 7) is 9.19. The molecule has 2 aliphatic heterocycles. The summed E-state index contributed by atoms with van der Waals surface area (Å²) in [5, 5.41) is 6.52. The Kier molecular flexibility index (Phi) is 6.74. The lowest BCUT2D eigenvalue weighted by Gasteiger charge is -2.46. The number of anilines is 4. The molecule has 0 spiro atoms. The molecule has 2 bridgehead atoms. The van der Waals surface area contributed by atoms with Gasteiger partial charge in [0, 0.05) is 45.2 Å². The van der Waals surface area contributed by atoms with E-state index < -0.39 is 0 Å². The molecule has 1 aromatic carbocycles. The molecule has 184 valence electrons. The highest BCUT2D eigenvalue weighted by atomic mass is 16.5. The first-order valence-electron chi connectivity index (χ1n) is 11.8. The van der Waals surface area contributed by atoms with Crippen LogP contribution < -0.4 is 15.4 Å². The van der Waals surface area contributed by atoms with E-state index in [1.165, 1.54) is 0 Å². The van der Waals surface area contributed by atoms with Gasteiger partial charge in [-0.15, -0.1) is 0 Å². The minimum absolute atomic E-state index is 0. The van der Waals surface area contributed by atoms with Crippen LogP contribution in [0.3, 0.4) is 0 Å². The minimum atomic E-state index is 0. The maximum atomic E-state index is 6.30. The lowest BCUT2D eigenvalue weighted by molar-refractivity contribution is -0.0879. The minimum Gasteiger partial charge on any atom is -0.490 e. The van der Waals surface area contributed by atoms with Crippen LogP contribution in [0.4, 0.5) is 23.1 Å². The number of rotatable bonds is 8. The third-order valence-corrected chi connectivity index (χ3v) is 6.55. The molecule has 8 heteroatoms. The number of hydrogen-bond donors (Lipinski definition) is 2.